The predicted octanol–water partition coefficient (Wildman–Crippen LogP) is 2.36. The van der Waals surface area contributed by atoms with Gasteiger partial charge in [0.2, 0.25) is 0 Å². The van der Waals surface area contributed by atoms with E-state index in [1.807, 2.05) is 13.0 Å². The highest BCUT2D eigenvalue weighted by atomic mass is 32.2. The smallest absolute Gasteiger partial charge is 0.262 e. The Balaban J connectivity index is 1.95. The van der Waals surface area contributed by atoms with Crippen LogP contribution in [0.5, 0.6) is 0 Å². The fourth-order valence-electron chi connectivity index (χ4n) is 2.28. The molecule has 0 aliphatic carbocycles. The molecular formula is C14H15N5O2S2. The van der Waals surface area contributed by atoms with Crippen molar-refractivity contribution in [3.63, 3.8) is 0 Å². The van der Waals surface area contributed by atoms with Gasteiger partial charge in [-0.15, -0.1) is 16.4 Å². The molecule has 2 aromatic heterocycles. The molecule has 1 aromatic carbocycles. The van der Waals surface area contributed by atoms with Crippen LogP contribution >= 0.6 is 11.3 Å². The van der Waals surface area contributed by atoms with Crippen molar-refractivity contribution in [2.75, 3.05) is 4.72 Å². The first-order valence-corrected chi connectivity index (χ1v) is 9.09. The van der Waals surface area contributed by atoms with Crippen LogP contribution in [-0.4, -0.2) is 28.6 Å². The van der Waals surface area contributed by atoms with Crippen LogP contribution < -0.4 is 4.72 Å². The molecule has 0 atom stereocenters. The van der Waals surface area contributed by atoms with E-state index in [2.05, 4.69) is 20.2 Å². The van der Waals surface area contributed by atoms with Gasteiger partial charge in [0.25, 0.3) is 10.0 Å². The standard InChI is InChI=1S/C14H15N5O2S2/c1-9-7-13(10(2)22-9)23(20,21)16-12-6-4-5-11(8-12)14-15-17-18-19(14)3/h4-8,16H,1-3H3. The van der Waals surface area contributed by atoms with Crippen LogP contribution in [-0.2, 0) is 17.1 Å². The van der Waals surface area contributed by atoms with Gasteiger partial charge in [0, 0.05) is 28.1 Å². The van der Waals surface area contributed by atoms with Crippen LogP contribution in [0.15, 0.2) is 35.2 Å². The number of hydrogen-bond donors (Lipinski definition) is 1. The molecule has 120 valence electrons. The zero-order valence-corrected chi connectivity index (χ0v) is 14.4. The highest BCUT2D eigenvalue weighted by Gasteiger charge is 2.19. The van der Waals surface area contributed by atoms with Crippen molar-refractivity contribution < 1.29 is 8.42 Å². The number of rotatable bonds is 4. The minimum atomic E-state index is -3.62. The summed E-state index contributed by atoms with van der Waals surface area (Å²) in [6.45, 7) is 3.69. The zero-order chi connectivity index (χ0) is 16.6. The summed E-state index contributed by atoms with van der Waals surface area (Å²) in [4.78, 5) is 2.04. The molecule has 0 bridgehead atoms. The van der Waals surface area contributed by atoms with Gasteiger partial charge in [-0.3, -0.25) is 4.72 Å². The van der Waals surface area contributed by atoms with Crippen molar-refractivity contribution in [3.05, 3.63) is 40.1 Å². The Kier molecular flexibility index (Phi) is 3.90. The average Bonchev–Trinajstić information content (AvgIpc) is 3.04. The number of aryl methyl sites for hydroxylation is 3. The Morgan fingerprint density at radius 2 is 2.00 bits per heavy atom. The molecule has 0 amide bonds. The van der Waals surface area contributed by atoms with Crippen molar-refractivity contribution >= 4 is 27.0 Å². The lowest BCUT2D eigenvalue weighted by molar-refractivity contribution is 0.601. The highest BCUT2D eigenvalue weighted by Crippen LogP contribution is 2.27. The summed E-state index contributed by atoms with van der Waals surface area (Å²) in [6, 6.07) is 8.66. The van der Waals surface area contributed by atoms with Crippen molar-refractivity contribution in [1.82, 2.24) is 20.2 Å². The van der Waals surface area contributed by atoms with Crippen LogP contribution in [0, 0.1) is 13.8 Å². The predicted molar refractivity (Wildman–Crippen MR) is 88.8 cm³/mol. The summed E-state index contributed by atoms with van der Waals surface area (Å²) in [5.41, 5.74) is 1.20. The van der Waals surface area contributed by atoms with Crippen LogP contribution in [0.25, 0.3) is 11.4 Å². The van der Waals surface area contributed by atoms with E-state index in [4.69, 9.17) is 0 Å². The molecule has 23 heavy (non-hydrogen) atoms. The van der Waals surface area contributed by atoms with Gasteiger partial charge >= 0.3 is 0 Å². The SMILES string of the molecule is Cc1cc(S(=O)(=O)Nc2cccc(-c3nnnn3C)c2)c(C)s1. The van der Waals surface area contributed by atoms with E-state index in [9.17, 15) is 8.42 Å². The quantitative estimate of drug-likeness (QED) is 0.781. The normalized spacial score (nSPS) is 11.6. The van der Waals surface area contributed by atoms with Gasteiger partial charge in [0.05, 0.1) is 0 Å². The van der Waals surface area contributed by atoms with Crippen LogP contribution in [0.3, 0.4) is 0 Å². The third-order valence-corrected chi connectivity index (χ3v) is 5.88. The lowest BCUT2D eigenvalue weighted by Crippen LogP contribution is -2.13. The van der Waals surface area contributed by atoms with Crippen molar-refractivity contribution in [2.45, 2.75) is 18.7 Å². The molecule has 3 aromatic rings. The summed E-state index contributed by atoms with van der Waals surface area (Å²) < 4.78 is 29.2. The molecule has 0 aliphatic rings. The van der Waals surface area contributed by atoms with Crippen molar-refractivity contribution in [1.29, 1.82) is 0 Å². The Morgan fingerprint density at radius 3 is 2.61 bits per heavy atom. The van der Waals surface area contributed by atoms with E-state index >= 15 is 0 Å². The van der Waals surface area contributed by atoms with E-state index in [0.717, 1.165) is 15.3 Å². The van der Waals surface area contributed by atoms with Crippen LogP contribution in [0.1, 0.15) is 9.75 Å². The number of aromatic nitrogens is 4. The van der Waals surface area contributed by atoms with E-state index in [0.29, 0.717) is 16.4 Å². The van der Waals surface area contributed by atoms with Gasteiger partial charge in [0.15, 0.2) is 5.82 Å². The highest BCUT2D eigenvalue weighted by molar-refractivity contribution is 7.93. The lowest BCUT2D eigenvalue weighted by atomic mass is 10.2. The maximum atomic E-state index is 12.6. The summed E-state index contributed by atoms with van der Waals surface area (Å²) in [7, 11) is -1.89. The van der Waals surface area contributed by atoms with Crippen LogP contribution in [0.2, 0.25) is 0 Å². The van der Waals surface area contributed by atoms with E-state index in [1.165, 1.54) is 16.0 Å². The number of anilines is 1. The molecule has 3 rings (SSSR count). The summed E-state index contributed by atoms with van der Waals surface area (Å²) in [5, 5.41) is 11.3. The largest absolute Gasteiger partial charge is 0.280 e. The Morgan fingerprint density at radius 1 is 1.22 bits per heavy atom. The molecule has 0 spiro atoms. The third kappa shape index (κ3) is 3.10. The molecule has 0 fully saturated rings. The summed E-state index contributed by atoms with van der Waals surface area (Å²) >= 11 is 1.46. The molecule has 1 N–H and O–H groups in total. The summed E-state index contributed by atoms with van der Waals surface area (Å²) in [5.74, 6) is 0.564. The second kappa shape index (κ2) is 5.74. The van der Waals surface area contributed by atoms with E-state index in [1.54, 1.807) is 38.2 Å². The van der Waals surface area contributed by atoms with Crippen molar-refractivity contribution in [2.24, 2.45) is 7.05 Å². The topological polar surface area (TPSA) is 89.8 Å². The third-order valence-electron chi connectivity index (χ3n) is 3.28. The molecule has 9 heteroatoms. The Bertz CT molecular complexity index is 959. The van der Waals surface area contributed by atoms with Gasteiger partial charge in [-0.05, 0) is 42.5 Å². The van der Waals surface area contributed by atoms with Gasteiger partial charge in [0.1, 0.15) is 4.90 Å². The first-order chi connectivity index (χ1) is 10.9. The first-order valence-electron chi connectivity index (χ1n) is 6.79. The fraction of sp³-hybridized carbons (Fsp3) is 0.214. The molecule has 7 nitrogen and oxygen atoms in total. The number of tetrazole rings is 1. The second-order valence-electron chi connectivity index (χ2n) is 5.09. The molecule has 0 saturated heterocycles. The molecular weight excluding hydrogens is 334 g/mol. The second-order valence-corrected chi connectivity index (χ2v) is 8.20. The monoisotopic (exact) mass is 349 g/mol. The van der Waals surface area contributed by atoms with Crippen molar-refractivity contribution in [3.8, 4) is 11.4 Å². The van der Waals surface area contributed by atoms with Gasteiger partial charge in [-0.25, -0.2) is 13.1 Å². The van der Waals surface area contributed by atoms with E-state index in [-0.39, 0.29) is 0 Å². The number of hydrogen-bond acceptors (Lipinski definition) is 6. The molecule has 0 radical (unpaired) electrons. The number of nitrogens with zero attached hydrogens (tertiary/aromatic N) is 4. The first kappa shape index (κ1) is 15.6. The zero-order valence-electron chi connectivity index (χ0n) is 12.8. The van der Waals surface area contributed by atoms with E-state index < -0.39 is 10.0 Å². The number of benzene rings is 1. The average molecular weight is 349 g/mol. The number of nitrogens with one attached hydrogen (secondary N) is 1. The number of sulfonamides is 1. The van der Waals surface area contributed by atoms with Gasteiger partial charge in [-0.2, -0.15) is 0 Å². The minimum absolute atomic E-state index is 0.311. The Hall–Kier alpha value is -2.26. The Labute approximate surface area is 138 Å². The minimum Gasteiger partial charge on any atom is -0.280 e. The van der Waals surface area contributed by atoms with Crippen LogP contribution in [0.4, 0.5) is 5.69 Å². The molecule has 0 unspecified atom stereocenters. The molecule has 0 saturated carbocycles. The molecule has 2 heterocycles. The van der Waals surface area contributed by atoms with Gasteiger partial charge in [-0.1, -0.05) is 12.1 Å². The number of thiophene rings is 1. The maximum Gasteiger partial charge on any atom is 0.262 e. The molecule has 0 aliphatic heterocycles. The fourth-order valence-corrected chi connectivity index (χ4v) is 4.89. The summed E-state index contributed by atoms with van der Waals surface area (Å²) in [6.07, 6.45) is 0. The lowest BCUT2D eigenvalue weighted by Gasteiger charge is -2.09. The van der Waals surface area contributed by atoms with Gasteiger partial charge < -0.3 is 0 Å². The maximum absolute atomic E-state index is 12.6.